The predicted octanol–water partition coefficient (Wildman–Crippen LogP) is 4.68. The molecule has 0 amide bonds. The quantitative estimate of drug-likeness (QED) is 0.744. The number of hydrogen-bond acceptors (Lipinski definition) is 1. The van der Waals surface area contributed by atoms with Crippen LogP contribution in [0, 0.1) is 0 Å². The van der Waals surface area contributed by atoms with Crippen molar-refractivity contribution < 1.29 is 4.74 Å². The van der Waals surface area contributed by atoms with E-state index in [-0.39, 0.29) is 0 Å². The van der Waals surface area contributed by atoms with Gasteiger partial charge in [-0.25, -0.2) is 0 Å². The molecule has 1 heteroatoms. The van der Waals surface area contributed by atoms with Crippen molar-refractivity contribution in [2.45, 2.75) is 38.5 Å². The Hall–Kier alpha value is -1.50. The molecule has 0 heterocycles. The third kappa shape index (κ3) is 4.06. The third-order valence-electron chi connectivity index (χ3n) is 3.48. The molecule has 1 aromatic carbocycles. The van der Waals surface area contributed by atoms with Crippen molar-refractivity contribution in [3.05, 3.63) is 53.6 Å². The van der Waals surface area contributed by atoms with E-state index in [1.807, 2.05) is 12.1 Å². The first-order valence-corrected chi connectivity index (χ1v) is 6.86. The van der Waals surface area contributed by atoms with Crippen molar-refractivity contribution in [3.63, 3.8) is 0 Å². The third-order valence-corrected chi connectivity index (χ3v) is 3.48. The van der Waals surface area contributed by atoms with E-state index in [2.05, 4.69) is 30.4 Å². The van der Waals surface area contributed by atoms with Gasteiger partial charge >= 0.3 is 0 Å². The van der Waals surface area contributed by atoms with Gasteiger partial charge in [0.25, 0.3) is 0 Å². The highest BCUT2D eigenvalue weighted by atomic mass is 16.5. The molecule has 0 aliphatic heterocycles. The highest BCUT2D eigenvalue weighted by Crippen LogP contribution is 2.22. The SMILES string of the molecule is COc1ccc(C/C=C/C=C2CCCCC2)cc1. The second kappa shape index (κ2) is 7.05. The molecule has 1 saturated carbocycles. The average molecular weight is 242 g/mol. The number of benzene rings is 1. The number of ether oxygens (including phenoxy) is 1. The van der Waals surface area contributed by atoms with Crippen molar-refractivity contribution in [1.82, 2.24) is 0 Å². The molecule has 1 aliphatic carbocycles. The van der Waals surface area contributed by atoms with Gasteiger partial charge < -0.3 is 4.74 Å². The second-order valence-corrected chi connectivity index (χ2v) is 4.87. The molecule has 1 aliphatic rings. The molecule has 0 bridgehead atoms. The predicted molar refractivity (Wildman–Crippen MR) is 77.0 cm³/mol. The van der Waals surface area contributed by atoms with Crippen molar-refractivity contribution >= 4 is 0 Å². The van der Waals surface area contributed by atoms with Gasteiger partial charge in [-0.2, -0.15) is 0 Å². The minimum absolute atomic E-state index is 0.923. The summed E-state index contributed by atoms with van der Waals surface area (Å²) in [5.41, 5.74) is 2.95. The lowest BCUT2D eigenvalue weighted by Gasteiger charge is -2.12. The van der Waals surface area contributed by atoms with E-state index in [1.165, 1.54) is 37.7 Å². The lowest BCUT2D eigenvalue weighted by molar-refractivity contribution is 0.414. The maximum Gasteiger partial charge on any atom is 0.118 e. The number of rotatable bonds is 4. The first kappa shape index (κ1) is 12.9. The monoisotopic (exact) mass is 242 g/mol. The second-order valence-electron chi connectivity index (χ2n) is 4.87. The van der Waals surface area contributed by atoms with E-state index in [9.17, 15) is 0 Å². The van der Waals surface area contributed by atoms with Crippen LogP contribution in [0.25, 0.3) is 0 Å². The van der Waals surface area contributed by atoms with Crippen LogP contribution in [0.4, 0.5) is 0 Å². The van der Waals surface area contributed by atoms with E-state index in [0.717, 1.165) is 12.2 Å². The summed E-state index contributed by atoms with van der Waals surface area (Å²) >= 11 is 0. The molecule has 0 N–H and O–H groups in total. The van der Waals surface area contributed by atoms with E-state index in [4.69, 9.17) is 4.74 Å². The summed E-state index contributed by atoms with van der Waals surface area (Å²) in [5, 5.41) is 0. The Morgan fingerprint density at radius 3 is 2.44 bits per heavy atom. The molecule has 1 aromatic rings. The van der Waals surface area contributed by atoms with E-state index < -0.39 is 0 Å². The van der Waals surface area contributed by atoms with Gasteiger partial charge in [0.1, 0.15) is 5.75 Å². The van der Waals surface area contributed by atoms with Crippen LogP contribution in [-0.4, -0.2) is 7.11 Å². The molecule has 1 fully saturated rings. The summed E-state index contributed by atoms with van der Waals surface area (Å²) < 4.78 is 5.15. The van der Waals surface area contributed by atoms with Gasteiger partial charge in [0.2, 0.25) is 0 Å². The summed E-state index contributed by atoms with van der Waals surface area (Å²) in [7, 11) is 1.70. The molecule has 1 nitrogen and oxygen atoms in total. The fraction of sp³-hybridized carbons (Fsp3) is 0.412. The van der Waals surface area contributed by atoms with Crippen LogP contribution in [0.1, 0.15) is 37.7 Å². The molecular formula is C17H22O. The standard InChI is InChI=1S/C17H22O/c1-18-17-13-11-16(12-14-17)10-6-5-9-15-7-3-2-4-8-15/h5-6,9,11-14H,2-4,7-8,10H2,1H3/b6-5+. The molecule has 0 unspecified atom stereocenters. The number of allylic oxidation sites excluding steroid dienone is 4. The minimum atomic E-state index is 0.923. The summed E-state index contributed by atoms with van der Waals surface area (Å²) in [6, 6.07) is 8.28. The van der Waals surface area contributed by atoms with Crippen LogP contribution in [0.3, 0.4) is 0 Å². The van der Waals surface area contributed by atoms with Crippen LogP contribution in [0.5, 0.6) is 5.75 Å². The zero-order valence-corrected chi connectivity index (χ0v) is 11.2. The lowest BCUT2D eigenvalue weighted by atomic mass is 9.94. The van der Waals surface area contributed by atoms with Crippen LogP contribution >= 0.6 is 0 Å². The molecule has 18 heavy (non-hydrogen) atoms. The van der Waals surface area contributed by atoms with Gasteiger partial charge in [0, 0.05) is 0 Å². The molecule has 2 rings (SSSR count). The van der Waals surface area contributed by atoms with Crippen molar-refractivity contribution in [3.8, 4) is 5.75 Å². The molecule has 0 radical (unpaired) electrons. The smallest absolute Gasteiger partial charge is 0.118 e. The highest BCUT2D eigenvalue weighted by molar-refractivity contribution is 5.28. The Labute approximate surface area is 110 Å². The Kier molecular flexibility index (Phi) is 5.07. The van der Waals surface area contributed by atoms with Gasteiger partial charge in [-0.05, 0) is 49.8 Å². The van der Waals surface area contributed by atoms with E-state index >= 15 is 0 Å². The zero-order chi connectivity index (χ0) is 12.6. The first-order chi connectivity index (χ1) is 8.88. The highest BCUT2D eigenvalue weighted by Gasteiger charge is 2.02. The van der Waals surface area contributed by atoms with Gasteiger partial charge in [-0.3, -0.25) is 0 Å². The average Bonchev–Trinajstić information content (AvgIpc) is 2.45. The van der Waals surface area contributed by atoms with Gasteiger partial charge in [0.15, 0.2) is 0 Å². The molecule has 96 valence electrons. The van der Waals surface area contributed by atoms with E-state index in [1.54, 1.807) is 12.7 Å². The summed E-state index contributed by atoms with van der Waals surface area (Å²) in [5.74, 6) is 0.923. The topological polar surface area (TPSA) is 9.23 Å². The van der Waals surface area contributed by atoms with Crippen molar-refractivity contribution in [2.24, 2.45) is 0 Å². The van der Waals surface area contributed by atoms with Gasteiger partial charge in [-0.1, -0.05) is 42.4 Å². The molecule has 0 saturated heterocycles. The fourth-order valence-electron chi connectivity index (χ4n) is 2.34. The molecule has 0 spiro atoms. The van der Waals surface area contributed by atoms with Crippen LogP contribution in [-0.2, 0) is 6.42 Å². The Morgan fingerprint density at radius 2 is 1.78 bits per heavy atom. The minimum Gasteiger partial charge on any atom is -0.497 e. The number of methoxy groups -OCH3 is 1. The largest absolute Gasteiger partial charge is 0.497 e. The van der Waals surface area contributed by atoms with Crippen LogP contribution in [0.15, 0.2) is 48.1 Å². The molecular weight excluding hydrogens is 220 g/mol. The Morgan fingerprint density at radius 1 is 1.06 bits per heavy atom. The maximum absolute atomic E-state index is 5.15. The van der Waals surface area contributed by atoms with Gasteiger partial charge in [-0.15, -0.1) is 0 Å². The fourth-order valence-corrected chi connectivity index (χ4v) is 2.34. The zero-order valence-electron chi connectivity index (χ0n) is 11.2. The molecule has 0 atom stereocenters. The summed E-state index contributed by atoms with van der Waals surface area (Å²) in [4.78, 5) is 0. The van der Waals surface area contributed by atoms with Crippen molar-refractivity contribution in [2.75, 3.05) is 7.11 Å². The summed E-state index contributed by atoms with van der Waals surface area (Å²) in [6.45, 7) is 0. The Bertz CT molecular complexity index is 404. The summed E-state index contributed by atoms with van der Waals surface area (Å²) in [6.07, 6.45) is 14.5. The van der Waals surface area contributed by atoms with Crippen LogP contribution in [0.2, 0.25) is 0 Å². The molecule has 0 aromatic heterocycles. The van der Waals surface area contributed by atoms with E-state index in [0.29, 0.717) is 0 Å². The maximum atomic E-state index is 5.15. The Balaban J connectivity index is 1.82. The first-order valence-electron chi connectivity index (χ1n) is 6.86. The van der Waals surface area contributed by atoms with Crippen LogP contribution < -0.4 is 4.74 Å². The van der Waals surface area contributed by atoms with Gasteiger partial charge in [0.05, 0.1) is 7.11 Å². The normalized spacial score (nSPS) is 15.9. The number of hydrogen-bond donors (Lipinski definition) is 0. The van der Waals surface area contributed by atoms with Crippen molar-refractivity contribution in [1.29, 1.82) is 0 Å². The lowest BCUT2D eigenvalue weighted by Crippen LogP contribution is -1.92.